The smallest absolute Gasteiger partial charge is 0.411 e. The van der Waals surface area contributed by atoms with Crippen molar-refractivity contribution in [1.29, 1.82) is 0 Å². The van der Waals surface area contributed by atoms with Crippen molar-refractivity contribution >= 4 is 17.7 Å². The van der Waals surface area contributed by atoms with E-state index in [1.54, 1.807) is 50.4 Å². The van der Waals surface area contributed by atoms with Gasteiger partial charge >= 0.3 is 12.1 Å². The zero-order chi connectivity index (χ0) is 25.1. The minimum Gasteiger partial charge on any atom is -0.493 e. The summed E-state index contributed by atoms with van der Waals surface area (Å²) >= 11 is 0. The maximum atomic E-state index is 12.4. The highest BCUT2D eigenvalue weighted by atomic mass is 16.6. The molecule has 0 radical (unpaired) electrons. The van der Waals surface area contributed by atoms with E-state index in [0.29, 0.717) is 40.9 Å². The highest BCUT2D eigenvalue weighted by Gasteiger charge is 2.41. The van der Waals surface area contributed by atoms with Gasteiger partial charge in [0.05, 0.1) is 7.11 Å². The number of nitrogens with one attached hydrogen (secondary N) is 1. The van der Waals surface area contributed by atoms with E-state index in [2.05, 4.69) is 5.32 Å². The summed E-state index contributed by atoms with van der Waals surface area (Å²) in [5.74, 6) is 2.31. The van der Waals surface area contributed by atoms with Gasteiger partial charge in [-0.1, -0.05) is 31.2 Å². The van der Waals surface area contributed by atoms with E-state index in [-0.39, 0.29) is 31.4 Å². The van der Waals surface area contributed by atoms with Gasteiger partial charge in [-0.3, -0.25) is 10.1 Å². The Hall–Kier alpha value is -4.24. The molecule has 1 N–H and O–H groups in total. The summed E-state index contributed by atoms with van der Waals surface area (Å²) in [6.07, 6.45) is -0.553. The van der Waals surface area contributed by atoms with Crippen LogP contribution in [0.25, 0.3) is 0 Å². The first kappa shape index (κ1) is 23.5. The molecule has 2 aliphatic rings. The monoisotopic (exact) mass is 491 g/mol. The summed E-state index contributed by atoms with van der Waals surface area (Å²) in [6, 6.07) is 18.0. The molecule has 2 heterocycles. The molecular formula is C27H25NO8. The second-order valence-electron chi connectivity index (χ2n) is 8.23. The molecule has 0 aliphatic carbocycles. The highest BCUT2D eigenvalue weighted by Crippen LogP contribution is 2.50. The van der Waals surface area contributed by atoms with Crippen LogP contribution in [-0.4, -0.2) is 31.9 Å². The first-order valence-corrected chi connectivity index (χ1v) is 11.5. The summed E-state index contributed by atoms with van der Waals surface area (Å²) in [5, 5.41) is 2.70. The van der Waals surface area contributed by atoms with Crippen molar-refractivity contribution in [3.63, 3.8) is 0 Å². The molecule has 1 fully saturated rings. The van der Waals surface area contributed by atoms with E-state index >= 15 is 0 Å². The normalized spacial score (nSPS) is 16.9. The zero-order valence-electron chi connectivity index (χ0n) is 19.8. The number of esters is 1. The van der Waals surface area contributed by atoms with Crippen LogP contribution in [0.1, 0.15) is 30.6 Å². The maximum Gasteiger partial charge on any atom is 0.411 e. The quantitative estimate of drug-likeness (QED) is 0.246. The number of ether oxygens (including phenoxy) is 6. The van der Waals surface area contributed by atoms with Crippen molar-refractivity contribution in [2.24, 2.45) is 0 Å². The lowest BCUT2D eigenvalue weighted by Gasteiger charge is -2.22. The van der Waals surface area contributed by atoms with Gasteiger partial charge in [-0.2, -0.15) is 0 Å². The van der Waals surface area contributed by atoms with E-state index < -0.39 is 6.09 Å². The fraction of sp³-hybridized carbons (Fsp3) is 0.259. The van der Waals surface area contributed by atoms with Crippen molar-refractivity contribution in [3.05, 3.63) is 71.8 Å². The number of benzene rings is 3. The number of rotatable bonds is 8. The van der Waals surface area contributed by atoms with Crippen LogP contribution in [0.5, 0.6) is 28.7 Å². The van der Waals surface area contributed by atoms with Crippen molar-refractivity contribution in [3.8, 4) is 28.7 Å². The lowest BCUT2D eigenvalue weighted by atomic mass is 10.1. The number of carbonyl (C=O) groups excluding carboxylic acids is 2. The Labute approximate surface area is 207 Å². The standard InChI is InChI=1S/C27H25NO8/c1-3-24(29)32-15-23-25(36-23)17-7-4-6-16(12-17)14-33-27(30)28-18-10-11-19-22(13-18)34-21-9-5-8-20(31-2)26(21)35-19/h4-13,23,25H,3,14-15H2,1-2H3,(H,28,30)/t23-,25?/m0/s1. The molecule has 5 rings (SSSR count). The van der Waals surface area contributed by atoms with Gasteiger partial charge in [-0.25, -0.2) is 4.79 Å². The van der Waals surface area contributed by atoms with Crippen LogP contribution >= 0.6 is 0 Å². The summed E-state index contributed by atoms with van der Waals surface area (Å²) in [6.45, 7) is 2.06. The molecule has 3 aromatic carbocycles. The molecule has 2 aliphatic heterocycles. The van der Waals surface area contributed by atoms with Gasteiger partial charge in [0.2, 0.25) is 5.75 Å². The van der Waals surface area contributed by atoms with Gasteiger partial charge in [-0.15, -0.1) is 0 Å². The van der Waals surface area contributed by atoms with Crippen molar-refractivity contribution in [1.82, 2.24) is 0 Å². The molecule has 36 heavy (non-hydrogen) atoms. The van der Waals surface area contributed by atoms with E-state index in [4.69, 9.17) is 28.4 Å². The number of anilines is 1. The summed E-state index contributed by atoms with van der Waals surface area (Å²) < 4.78 is 33.3. The maximum absolute atomic E-state index is 12.4. The van der Waals surface area contributed by atoms with E-state index in [9.17, 15) is 9.59 Å². The van der Waals surface area contributed by atoms with E-state index in [1.165, 1.54) is 0 Å². The predicted molar refractivity (Wildman–Crippen MR) is 129 cm³/mol. The van der Waals surface area contributed by atoms with Crippen LogP contribution in [0.3, 0.4) is 0 Å². The first-order chi connectivity index (χ1) is 17.5. The number of fused-ring (bicyclic) bond motifs is 2. The Bertz CT molecular complexity index is 1290. The Morgan fingerprint density at radius 3 is 2.64 bits per heavy atom. The van der Waals surface area contributed by atoms with Crippen molar-refractivity contribution in [2.75, 3.05) is 19.0 Å². The Kier molecular flexibility index (Phi) is 6.64. The number of para-hydroxylation sites is 1. The van der Waals surface area contributed by atoms with Gasteiger partial charge in [0.1, 0.15) is 25.4 Å². The second-order valence-corrected chi connectivity index (χ2v) is 8.23. The fourth-order valence-corrected chi connectivity index (χ4v) is 3.82. The molecule has 186 valence electrons. The number of methoxy groups -OCH3 is 1. The van der Waals surface area contributed by atoms with E-state index in [1.807, 2.05) is 24.3 Å². The predicted octanol–water partition coefficient (Wildman–Crippen LogP) is 5.74. The average molecular weight is 491 g/mol. The second kappa shape index (κ2) is 10.2. The van der Waals surface area contributed by atoms with Crippen LogP contribution in [0.2, 0.25) is 0 Å². The fourth-order valence-electron chi connectivity index (χ4n) is 3.82. The van der Waals surface area contributed by atoms with Gasteiger partial charge in [0.15, 0.2) is 23.0 Å². The molecule has 0 saturated carbocycles. The molecule has 1 amide bonds. The third-order valence-corrected chi connectivity index (χ3v) is 5.71. The molecule has 0 spiro atoms. The van der Waals surface area contributed by atoms with Gasteiger partial charge in [-0.05, 0) is 41.5 Å². The zero-order valence-corrected chi connectivity index (χ0v) is 19.8. The number of hydrogen-bond donors (Lipinski definition) is 1. The Morgan fingerprint density at radius 2 is 1.81 bits per heavy atom. The molecule has 1 saturated heterocycles. The third kappa shape index (κ3) is 5.21. The molecule has 3 aromatic rings. The number of carbonyl (C=O) groups is 2. The van der Waals surface area contributed by atoms with Gasteiger partial charge < -0.3 is 28.4 Å². The Morgan fingerprint density at radius 1 is 0.944 bits per heavy atom. The number of epoxide rings is 1. The van der Waals surface area contributed by atoms with Gasteiger partial charge in [0, 0.05) is 18.2 Å². The molecule has 9 nitrogen and oxygen atoms in total. The van der Waals surface area contributed by atoms with Crippen LogP contribution in [0.4, 0.5) is 10.5 Å². The van der Waals surface area contributed by atoms with E-state index in [0.717, 1.165) is 11.1 Å². The summed E-state index contributed by atoms with van der Waals surface area (Å²) in [7, 11) is 1.56. The van der Waals surface area contributed by atoms with Crippen LogP contribution in [0, 0.1) is 0 Å². The van der Waals surface area contributed by atoms with Crippen molar-refractivity contribution in [2.45, 2.75) is 32.2 Å². The Balaban J connectivity index is 1.15. The van der Waals surface area contributed by atoms with Crippen LogP contribution in [-0.2, 0) is 25.6 Å². The minimum atomic E-state index is -0.605. The minimum absolute atomic E-state index is 0.0829. The van der Waals surface area contributed by atoms with Crippen LogP contribution in [0.15, 0.2) is 60.7 Å². The average Bonchev–Trinajstić information content (AvgIpc) is 3.69. The third-order valence-electron chi connectivity index (χ3n) is 5.71. The SMILES string of the molecule is CCC(=O)OC[C@@H]1OC1c1cccc(COC(=O)Nc2ccc3c(c2)Oc2cccc(OC)c2O3)c1. The molecule has 0 aromatic heterocycles. The molecule has 2 atom stereocenters. The number of amides is 1. The molecular weight excluding hydrogens is 466 g/mol. The van der Waals surface area contributed by atoms with Crippen LogP contribution < -0.4 is 19.5 Å². The number of hydrogen-bond acceptors (Lipinski definition) is 8. The lowest BCUT2D eigenvalue weighted by molar-refractivity contribution is -0.143. The summed E-state index contributed by atoms with van der Waals surface area (Å²) in [4.78, 5) is 23.7. The molecule has 1 unspecified atom stereocenters. The summed E-state index contributed by atoms with van der Waals surface area (Å²) in [5.41, 5.74) is 2.26. The lowest BCUT2D eigenvalue weighted by Crippen LogP contribution is -2.14. The van der Waals surface area contributed by atoms with Gasteiger partial charge in [0.25, 0.3) is 0 Å². The largest absolute Gasteiger partial charge is 0.493 e. The topological polar surface area (TPSA) is 105 Å². The molecule has 9 heteroatoms. The van der Waals surface area contributed by atoms with Crippen molar-refractivity contribution < 1.29 is 38.0 Å². The molecule has 0 bridgehead atoms. The first-order valence-electron chi connectivity index (χ1n) is 11.5. The highest BCUT2D eigenvalue weighted by molar-refractivity contribution is 5.85.